The number of carbonyl (C=O) groups is 12. The van der Waals surface area contributed by atoms with Crippen LogP contribution in [0.1, 0.15) is 114 Å². The molecule has 0 bridgehead atoms. The van der Waals surface area contributed by atoms with Crippen LogP contribution in [0.15, 0.2) is 157 Å². The zero-order chi connectivity index (χ0) is 87.5. The number of benzene rings is 2. The van der Waals surface area contributed by atoms with E-state index in [1.165, 1.54) is 6.08 Å². The Morgan fingerprint density at radius 3 is 1.62 bits per heavy atom. The molecule has 17 atom stereocenters. The molecule has 2 amide bonds. The fourth-order valence-electron chi connectivity index (χ4n) is 25.9. The SMILES string of the molecule is O=C(O)CN(CC(=O)O)C(CCCCNC(=O)C12C=CC=C3C=C4C=C5C6=C7C(=CC5O)C(O)C5=CC8C9=C%10C5=C7C5=C7c%11c(c(cc%12c%11=C%11C%13c%14c(cc%15c(c%14C%10(O)C5%11)C9C5(O)C(=CC=CC5(NCCCCC(C(=O)O)N(CC(=O)O)CC(=O)O)C%15)C8C(=O)O)C=CC%13(C(=O)NCCCCC(C(=O)O)N(CC(=O)O)CC(=O)O)C=%12)C1)C(=C32)C4C67O)C(=O)O.[Ni+2].[Ni+2].[Ni+2]. The van der Waals surface area contributed by atoms with Crippen molar-refractivity contribution in [2.45, 2.75) is 135 Å². The summed E-state index contributed by atoms with van der Waals surface area (Å²) in [6.45, 7) is -5.52. The summed E-state index contributed by atoms with van der Waals surface area (Å²) >= 11 is 0. The third-order valence-electron chi connectivity index (χ3n) is 29.8. The van der Waals surface area contributed by atoms with Gasteiger partial charge in [0.15, 0.2) is 0 Å². The van der Waals surface area contributed by atoms with E-state index in [2.05, 4.69) is 16.0 Å². The Bertz CT molecular complexity index is 6160. The fraction of sp³-hybridized carbons (Fsp3) is 0.407. The molecular weight excluding hydrogens is 1790 g/mol. The van der Waals surface area contributed by atoms with Gasteiger partial charge in [-0.2, -0.15) is 0 Å². The molecule has 2 aromatic carbocycles. The molecule has 0 saturated heterocycles. The third kappa shape index (κ3) is 11.8. The largest absolute Gasteiger partial charge is 2.00 e. The minimum atomic E-state index is -2.38. The van der Waals surface area contributed by atoms with Crippen molar-refractivity contribution in [1.29, 1.82) is 0 Å². The van der Waals surface area contributed by atoms with Crippen LogP contribution < -0.4 is 26.4 Å². The maximum Gasteiger partial charge on any atom is 2.00 e. The van der Waals surface area contributed by atoms with Gasteiger partial charge in [0.1, 0.15) is 41.0 Å². The first-order chi connectivity index (χ1) is 59.0. The maximum atomic E-state index is 16.9. The number of carbonyl (C=O) groups excluding carboxylic acids is 2. The predicted molar refractivity (Wildman–Crippen MR) is 429 cm³/mol. The molecule has 20 rings (SSSR count). The van der Waals surface area contributed by atoms with E-state index < -0.39 is 210 Å². The second-order valence-corrected chi connectivity index (χ2v) is 35.9. The van der Waals surface area contributed by atoms with E-state index in [1.54, 1.807) is 48.6 Å². The molecule has 2 aromatic rings. The number of amides is 2. The third-order valence-corrected chi connectivity index (χ3v) is 29.8. The van der Waals surface area contributed by atoms with Crippen molar-refractivity contribution in [1.82, 2.24) is 30.7 Å². The van der Waals surface area contributed by atoms with Gasteiger partial charge in [-0.1, -0.05) is 91.5 Å². The van der Waals surface area contributed by atoms with Crippen LogP contribution in [0.5, 0.6) is 0 Å². The van der Waals surface area contributed by atoms with Crippen LogP contribution in [-0.2, 0) is 125 Å². The van der Waals surface area contributed by atoms with E-state index in [0.717, 1.165) is 14.7 Å². The molecular formula is C91H84N6Ni3O27+6. The first-order valence-corrected chi connectivity index (χ1v) is 41.5. The van der Waals surface area contributed by atoms with Crippen molar-refractivity contribution in [3.05, 3.63) is 212 Å². The summed E-state index contributed by atoms with van der Waals surface area (Å²) in [5.74, 6) is -23.4. The Morgan fingerprint density at radius 1 is 0.496 bits per heavy atom. The second-order valence-electron chi connectivity index (χ2n) is 35.9. The second kappa shape index (κ2) is 30.5. The van der Waals surface area contributed by atoms with E-state index in [-0.39, 0.29) is 173 Å². The topological polar surface area (TPSA) is 554 Å². The number of allylic oxidation sites excluding steroid dienone is 9. The molecule has 18 N–H and O–H groups in total. The predicted octanol–water partition coefficient (Wildman–Crippen LogP) is 0.627. The molecule has 0 radical (unpaired) electrons. The number of aliphatic hydroxyl groups is 5. The number of rotatable bonds is 37. The fourth-order valence-corrected chi connectivity index (χ4v) is 25.9. The number of hydrogen-bond donors (Lipinski definition) is 18. The smallest absolute Gasteiger partial charge is 0.481 e. The molecule has 0 spiro atoms. The summed E-state index contributed by atoms with van der Waals surface area (Å²) in [5, 5.41) is 187. The average molecular weight is 1870 g/mol. The molecule has 36 heteroatoms. The van der Waals surface area contributed by atoms with Gasteiger partial charge in [0.2, 0.25) is 11.8 Å². The summed E-state index contributed by atoms with van der Waals surface area (Å²) in [4.78, 5) is 161. The number of nitrogens with one attached hydrogen (secondary N) is 3. The molecule has 664 valence electrons. The van der Waals surface area contributed by atoms with Gasteiger partial charge in [-0.15, -0.1) is 0 Å². The minimum Gasteiger partial charge on any atom is -0.481 e. The quantitative estimate of drug-likeness (QED) is 0.0326. The van der Waals surface area contributed by atoms with Gasteiger partial charge in [-0.3, -0.25) is 72.2 Å². The summed E-state index contributed by atoms with van der Waals surface area (Å²) in [6, 6.07) is -0.737. The van der Waals surface area contributed by atoms with Crippen LogP contribution in [0.3, 0.4) is 0 Å². The Labute approximate surface area is 750 Å². The van der Waals surface area contributed by atoms with Crippen LogP contribution in [0, 0.1) is 34.5 Å². The average Bonchev–Trinajstić information content (AvgIpc) is 0.609. The number of unbranched alkanes of at least 4 members (excludes halogenated alkanes) is 3. The van der Waals surface area contributed by atoms with Gasteiger partial charge in [0.25, 0.3) is 0 Å². The van der Waals surface area contributed by atoms with E-state index in [9.17, 15) is 109 Å². The first kappa shape index (κ1) is 88.3. The molecule has 33 nitrogen and oxygen atoms in total. The van der Waals surface area contributed by atoms with Gasteiger partial charge in [0.05, 0.1) is 67.7 Å². The van der Waals surface area contributed by atoms with E-state index >= 15 is 24.9 Å². The maximum absolute atomic E-state index is 16.9. The van der Waals surface area contributed by atoms with Crippen molar-refractivity contribution in [3.8, 4) is 0 Å². The van der Waals surface area contributed by atoms with Gasteiger partial charge >= 0.3 is 109 Å². The van der Waals surface area contributed by atoms with E-state index in [4.69, 9.17) is 0 Å². The van der Waals surface area contributed by atoms with Gasteiger partial charge in [0, 0.05) is 53.8 Å². The van der Waals surface area contributed by atoms with Crippen LogP contribution in [0.2, 0.25) is 0 Å². The molecule has 18 aliphatic rings. The van der Waals surface area contributed by atoms with Gasteiger partial charge in [-0.05, 0) is 215 Å². The minimum absolute atomic E-state index is 0. The molecule has 1 saturated carbocycles. The van der Waals surface area contributed by atoms with Crippen LogP contribution in [0.4, 0.5) is 0 Å². The summed E-state index contributed by atoms with van der Waals surface area (Å²) in [7, 11) is 0. The first-order valence-electron chi connectivity index (χ1n) is 41.5. The normalized spacial score (nSPS) is 30.3. The van der Waals surface area contributed by atoms with E-state index in [1.807, 2.05) is 36.4 Å². The van der Waals surface area contributed by atoms with Crippen molar-refractivity contribution in [2.24, 2.45) is 34.5 Å². The van der Waals surface area contributed by atoms with Gasteiger partial charge in [-0.25, -0.2) is 0 Å². The zero-order valence-corrected chi connectivity index (χ0v) is 70.0. The van der Waals surface area contributed by atoms with Crippen molar-refractivity contribution in [2.75, 3.05) is 58.9 Å². The van der Waals surface area contributed by atoms with Crippen LogP contribution in [0.25, 0.3) is 28.9 Å². The van der Waals surface area contributed by atoms with Crippen molar-refractivity contribution in [3.63, 3.8) is 0 Å². The molecule has 17 unspecified atom stereocenters. The molecule has 127 heavy (non-hydrogen) atoms. The zero-order valence-electron chi connectivity index (χ0n) is 67.1. The number of carboxylic acid groups (broad SMARTS) is 10. The van der Waals surface area contributed by atoms with E-state index in [0.29, 0.717) is 116 Å². The van der Waals surface area contributed by atoms with Crippen LogP contribution >= 0.6 is 0 Å². The Balaban J connectivity index is 0.00000379. The number of hydrogen-bond acceptors (Lipinski definition) is 21. The number of nitrogens with zero attached hydrogens (tertiary/aromatic N) is 3. The molecule has 0 aromatic heterocycles. The Kier molecular flexibility index (Phi) is 21.2. The number of carboxylic acids is 10. The molecule has 1 fully saturated rings. The van der Waals surface area contributed by atoms with Crippen molar-refractivity contribution < 1.29 is 184 Å². The molecule has 0 aliphatic heterocycles. The Morgan fingerprint density at radius 2 is 1.06 bits per heavy atom. The summed E-state index contributed by atoms with van der Waals surface area (Å²) in [5.41, 5.74) is -2.07. The summed E-state index contributed by atoms with van der Waals surface area (Å²) < 4.78 is 0. The number of aliphatic hydroxyl groups excluding tert-OH is 2. The monoisotopic (exact) mass is 1870 g/mol. The van der Waals surface area contributed by atoms with Crippen molar-refractivity contribution >= 4 is 100 Å². The summed E-state index contributed by atoms with van der Waals surface area (Å²) in [6.07, 6.45) is 19.3. The van der Waals surface area contributed by atoms with Crippen LogP contribution in [-0.4, -0.2) is 269 Å². The Hall–Kier alpha value is -10.7. The molecule has 0 heterocycles. The number of aliphatic carboxylic acids is 10. The standard InChI is InChI=1S/C91H84N6O27.3Ni/c98-50-26-45-62-65-63-44(79(45)111)25-43-61(83(118)119)46-10-8-16-88(94-20-6-3-13-49(82(116)117)97(34-55(107)108)35-56(109)110)29-41-21-36-14-17-87(85(121)93-19-5-2-12-48(81(114)115)96(32-53(103)104)33-54(105)106)28-40-23-39-27-86(84(120)92-18-4-1-11-47(80(112)113)95(30-51(99)100)31-52(101)102)15-7-9-37-22-38-24-42(50)72(62)89(122)71(38)67(70(37)86)57(39)66-58(40)68-73(87)59(36)74-60(41)78(91(46,88)124)64(43)75(63)90(74,123)77(68)69(65)76(66)89;;;/h7-10,14-17,21-26,28,43,47-50,61,71,73,77-79,94,98,111,122-124H,1-6,11-13,18-20,27,29-35H2,(H,92,120)(H,93,121)(H,99,100)(H,101,102)(H,103,104)(H,105,106)(H,107,108)(H,109,110)(H,112,113)(H,114,115)(H,116,117)(H,118,119);;;/q;3*+2. The molecule has 18 aliphatic carbocycles. The van der Waals surface area contributed by atoms with Gasteiger partial charge < -0.3 is 92.5 Å².